The maximum Gasteiger partial charge on any atom is 0.586 e. The summed E-state index contributed by atoms with van der Waals surface area (Å²) in [4.78, 5) is 27.0. The molecule has 0 radical (unpaired) electrons. The van der Waals surface area contributed by atoms with E-state index in [0.717, 1.165) is 4.68 Å². The monoisotopic (exact) mass is 473 g/mol. The number of benzene rings is 2. The van der Waals surface area contributed by atoms with Gasteiger partial charge in [-0.15, -0.1) is 8.78 Å². The van der Waals surface area contributed by atoms with Gasteiger partial charge < -0.3 is 14.4 Å². The zero-order valence-electron chi connectivity index (χ0n) is 16.9. The van der Waals surface area contributed by atoms with Crippen LogP contribution in [0.3, 0.4) is 0 Å². The van der Waals surface area contributed by atoms with Crippen LogP contribution in [0, 0.1) is 0 Å². The second-order valence-electron chi connectivity index (χ2n) is 7.23. The molecule has 3 heterocycles. The van der Waals surface area contributed by atoms with E-state index in [1.807, 2.05) is 0 Å². The number of hydrogen-bond acceptors (Lipinski definition) is 6. The smallest absolute Gasteiger partial charge is 0.395 e. The van der Waals surface area contributed by atoms with Crippen LogP contribution in [0.25, 0.3) is 22.2 Å². The molecule has 0 fully saturated rings. The van der Waals surface area contributed by atoms with Crippen molar-refractivity contribution in [1.82, 2.24) is 20.0 Å². The number of alkyl halides is 2. The number of anilines is 1. The van der Waals surface area contributed by atoms with Crippen molar-refractivity contribution in [2.24, 2.45) is 0 Å². The minimum atomic E-state index is -3.77. The fraction of sp³-hybridized carbons (Fsp3) is 0.143. The number of likely N-dealkylation sites (N-methyl/N-ethyl adjacent to an activating group) is 1. The van der Waals surface area contributed by atoms with E-state index in [1.54, 1.807) is 24.3 Å². The lowest BCUT2D eigenvalue weighted by Gasteiger charge is -2.18. The minimum Gasteiger partial charge on any atom is -0.395 e. The minimum absolute atomic E-state index is 0.140. The summed E-state index contributed by atoms with van der Waals surface area (Å²) >= 11 is 6.10. The van der Waals surface area contributed by atoms with E-state index >= 15 is 0 Å². The molecule has 2 aromatic carbocycles. The number of ether oxygens (including phenoxy) is 2. The second-order valence-corrected chi connectivity index (χ2v) is 7.67. The summed E-state index contributed by atoms with van der Waals surface area (Å²) < 4.78 is 36.4. The third kappa shape index (κ3) is 3.76. The van der Waals surface area contributed by atoms with Crippen LogP contribution in [0.1, 0.15) is 0 Å². The number of nitrogens with zero attached hydrogens (tertiary/aromatic N) is 4. The van der Waals surface area contributed by atoms with Crippen LogP contribution in [0.4, 0.5) is 14.5 Å². The summed E-state index contributed by atoms with van der Waals surface area (Å²) in [6.07, 6.45) is -2.29. The van der Waals surface area contributed by atoms with Crippen LogP contribution in [-0.2, 0) is 11.3 Å². The summed E-state index contributed by atoms with van der Waals surface area (Å²) in [5, 5.41) is 11.9. The molecule has 0 spiro atoms. The molecular formula is C21H14ClF2N5O4. The van der Waals surface area contributed by atoms with Crippen molar-refractivity contribution in [2.75, 3.05) is 11.9 Å². The van der Waals surface area contributed by atoms with E-state index in [1.165, 1.54) is 36.3 Å². The van der Waals surface area contributed by atoms with Crippen molar-refractivity contribution in [3.05, 3.63) is 64.0 Å². The van der Waals surface area contributed by atoms with Gasteiger partial charge in [0.05, 0.1) is 11.6 Å². The highest BCUT2D eigenvalue weighted by molar-refractivity contribution is 6.30. The van der Waals surface area contributed by atoms with E-state index in [-0.39, 0.29) is 22.7 Å². The van der Waals surface area contributed by atoms with Crippen molar-refractivity contribution in [3.8, 4) is 22.8 Å². The number of fused-ring (bicyclic) bond motifs is 2. The highest BCUT2D eigenvalue weighted by Crippen LogP contribution is 2.42. The highest BCUT2D eigenvalue weighted by atomic mass is 35.5. The lowest BCUT2D eigenvalue weighted by atomic mass is 10.1. The van der Waals surface area contributed by atoms with Crippen molar-refractivity contribution < 1.29 is 23.0 Å². The number of amides is 1. The van der Waals surface area contributed by atoms with Gasteiger partial charge in [-0.2, -0.15) is 10.2 Å². The molecule has 0 atom stereocenters. The zero-order chi connectivity index (χ0) is 23.3. The van der Waals surface area contributed by atoms with E-state index in [9.17, 15) is 18.4 Å². The van der Waals surface area contributed by atoms with E-state index in [0.29, 0.717) is 21.7 Å². The van der Waals surface area contributed by atoms with Crippen LogP contribution >= 0.6 is 11.6 Å². The zero-order valence-corrected chi connectivity index (χ0v) is 17.6. The van der Waals surface area contributed by atoms with E-state index < -0.39 is 24.3 Å². The van der Waals surface area contributed by atoms with Crippen molar-refractivity contribution in [1.29, 1.82) is 0 Å². The highest BCUT2D eigenvalue weighted by Gasteiger charge is 2.43. The largest absolute Gasteiger partial charge is 0.586 e. The number of aromatic amines is 1. The number of halogens is 3. The Labute approximate surface area is 189 Å². The first-order valence-electron chi connectivity index (χ1n) is 9.58. The number of carbonyl (C=O) groups excluding carboxylic acids is 1. The summed E-state index contributed by atoms with van der Waals surface area (Å²) in [5.41, 5.74) is 0.966. The van der Waals surface area contributed by atoms with Crippen molar-refractivity contribution in [2.45, 2.75) is 12.8 Å². The molecule has 1 amide bonds. The Hall–Kier alpha value is -3.99. The number of carbonyl (C=O) groups is 1. The molecule has 2 aromatic heterocycles. The predicted molar refractivity (Wildman–Crippen MR) is 115 cm³/mol. The van der Waals surface area contributed by atoms with Gasteiger partial charge in [0.25, 0.3) is 5.56 Å². The van der Waals surface area contributed by atoms with Crippen molar-refractivity contribution in [3.63, 3.8) is 0 Å². The van der Waals surface area contributed by atoms with Gasteiger partial charge in [-0.25, -0.2) is 4.68 Å². The van der Waals surface area contributed by atoms with Crippen LogP contribution in [-0.4, -0.2) is 39.2 Å². The van der Waals surface area contributed by atoms with Gasteiger partial charge >= 0.3 is 6.29 Å². The average molecular weight is 474 g/mol. The Bertz CT molecular complexity index is 1470. The quantitative estimate of drug-likeness (QED) is 0.487. The number of aromatic nitrogens is 4. The third-order valence-corrected chi connectivity index (χ3v) is 5.33. The molecule has 0 aliphatic carbocycles. The molecule has 1 aliphatic heterocycles. The number of H-pyrrole nitrogens is 1. The number of hydrogen-bond donors (Lipinski definition) is 1. The molecule has 4 aromatic rings. The maximum absolute atomic E-state index is 13.3. The van der Waals surface area contributed by atoms with Gasteiger partial charge in [0.2, 0.25) is 5.91 Å². The molecule has 12 heteroatoms. The first-order valence-corrected chi connectivity index (χ1v) is 9.96. The van der Waals surface area contributed by atoms with Crippen LogP contribution < -0.4 is 19.9 Å². The summed E-state index contributed by atoms with van der Waals surface area (Å²) in [6.45, 7) is -0.414. The fourth-order valence-electron chi connectivity index (χ4n) is 3.46. The topological polar surface area (TPSA) is 102 Å². The van der Waals surface area contributed by atoms with E-state index in [4.69, 9.17) is 11.6 Å². The molecule has 9 nitrogen and oxygen atoms in total. The SMILES string of the molecule is CN(C(=O)Cn1nc(-c2cccc(Cl)c2)c2cn[nH]c2c1=O)c1ccc2c(c1)OC(F)(F)O2. The summed E-state index contributed by atoms with van der Waals surface area (Å²) in [6, 6.07) is 10.8. The van der Waals surface area contributed by atoms with Gasteiger partial charge in [-0.3, -0.25) is 14.7 Å². The van der Waals surface area contributed by atoms with Crippen molar-refractivity contribution >= 4 is 34.1 Å². The Balaban J connectivity index is 1.48. The molecule has 0 bridgehead atoms. The molecular weight excluding hydrogens is 460 g/mol. The lowest BCUT2D eigenvalue weighted by molar-refractivity contribution is -0.286. The molecule has 0 saturated heterocycles. The Morgan fingerprint density at radius 2 is 2.00 bits per heavy atom. The van der Waals surface area contributed by atoms with Gasteiger partial charge in [-0.1, -0.05) is 23.7 Å². The first-order chi connectivity index (χ1) is 15.7. The van der Waals surface area contributed by atoms with Crippen LogP contribution in [0.5, 0.6) is 11.5 Å². The van der Waals surface area contributed by atoms with Crippen LogP contribution in [0.2, 0.25) is 5.02 Å². The van der Waals surface area contributed by atoms with E-state index in [2.05, 4.69) is 24.8 Å². The lowest BCUT2D eigenvalue weighted by Crippen LogP contribution is -2.35. The van der Waals surface area contributed by atoms with Crippen LogP contribution in [0.15, 0.2) is 53.5 Å². The van der Waals surface area contributed by atoms with Gasteiger partial charge in [0, 0.05) is 29.4 Å². The Morgan fingerprint density at radius 1 is 1.21 bits per heavy atom. The molecule has 168 valence electrons. The molecule has 0 saturated carbocycles. The standard InChI is InChI=1S/C21H14ClF2N5O4/c1-28(13-5-6-15-16(8-13)33-21(23,24)32-15)17(30)10-29-20(31)19-14(9-25-26-19)18(27-29)11-3-2-4-12(22)7-11/h2-9H,10H2,1H3,(H,25,26). The number of nitrogens with one attached hydrogen (secondary N) is 1. The molecule has 0 unspecified atom stereocenters. The predicted octanol–water partition coefficient (Wildman–Crippen LogP) is 3.42. The summed E-state index contributed by atoms with van der Waals surface area (Å²) in [5.74, 6) is -0.862. The maximum atomic E-state index is 13.3. The third-order valence-electron chi connectivity index (χ3n) is 5.09. The summed E-state index contributed by atoms with van der Waals surface area (Å²) in [7, 11) is 1.44. The normalized spacial score (nSPS) is 13.9. The Morgan fingerprint density at radius 3 is 2.79 bits per heavy atom. The van der Waals surface area contributed by atoms with Gasteiger partial charge in [-0.05, 0) is 24.3 Å². The fourth-order valence-corrected chi connectivity index (χ4v) is 3.65. The average Bonchev–Trinajstić information content (AvgIpc) is 3.37. The molecule has 33 heavy (non-hydrogen) atoms. The molecule has 1 aliphatic rings. The van der Waals surface area contributed by atoms with Gasteiger partial charge in [0.15, 0.2) is 11.5 Å². The first kappa shape index (κ1) is 20.9. The number of rotatable bonds is 4. The molecule has 1 N–H and O–H groups in total. The second kappa shape index (κ2) is 7.55. The molecule has 5 rings (SSSR count). The Kier molecular flexibility index (Phi) is 4.78. The van der Waals surface area contributed by atoms with Gasteiger partial charge in [0.1, 0.15) is 17.8 Å².